The minimum atomic E-state index is 0.410. The molecule has 0 saturated heterocycles. The third-order valence-corrected chi connectivity index (χ3v) is 4.49. The van der Waals surface area contributed by atoms with Crippen LogP contribution in [0.3, 0.4) is 0 Å². The van der Waals surface area contributed by atoms with Gasteiger partial charge in [-0.1, -0.05) is 49.7 Å². The Morgan fingerprint density at radius 3 is 2.75 bits per heavy atom. The lowest BCUT2D eigenvalue weighted by Gasteiger charge is -2.36. The van der Waals surface area contributed by atoms with Gasteiger partial charge in [-0.15, -0.1) is 0 Å². The monoisotopic (exact) mass is 270 g/mol. The van der Waals surface area contributed by atoms with E-state index >= 15 is 0 Å². The zero-order valence-electron chi connectivity index (χ0n) is 12.2. The molecule has 2 N–H and O–H groups in total. The number of nitrogens with zero attached hydrogens (tertiary/aromatic N) is 1. The average Bonchev–Trinajstić information content (AvgIpc) is 2.84. The van der Waals surface area contributed by atoms with E-state index in [-0.39, 0.29) is 0 Å². The molecule has 1 heterocycles. The molecular weight excluding hydrogens is 248 g/mol. The van der Waals surface area contributed by atoms with E-state index in [1.165, 1.54) is 36.8 Å². The Morgan fingerprint density at radius 2 is 2.05 bits per heavy atom. The number of nitrogen functional groups attached to an aromatic ring is 1. The maximum absolute atomic E-state index is 5.90. The fourth-order valence-electron chi connectivity index (χ4n) is 3.51. The van der Waals surface area contributed by atoms with E-state index in [1.54, 1.807) is 6.20 Å². The predicted molar refractivity (Wildman–Crippen MR) is 81.3 cm³/mol. The van der Waals surface area contributed by atoms with Crippen LogP contribution in [-0.2, 0) is 0 Å². The molecule has 3 nitrogen and oxygen atoms in total. The van der Waals surface area contributed by atoms with Gasteiger partial charge in [-0.2, -0.15) is 0 Å². The van der Waals surface area contributed by atoms with E-state index < -0.39 is 0 Å². The Balaban J connectivity index is 2.00. The Bertz CT molecular complexity index is 601. The number of hydrogen-bond donors (Lipinski definition) is 1. The molecule has 3 heteroatoms. The second kappa shape index (κ2) is 4.97. The molecule has 0 amide bonds. The van der Waals surface area contributed by atoms with Gasteiger partial charge in [0.05, 0.1) is 11.8 Å². The van der Waals surface area contributed by atoms with Crippen LogP contribution < -0.4 is 5.73 Å². The maximum atomic E-state index is 5.90. The Labute approximate surface area is 120 Å². The summed E-state index contributed by atoms with van der Waals surface area (Å²) in [5.41, 5.74) is 9.80. The Morgan fingerprint density at radius 1 is 1.25 bits per heavy atom. The zero-order valence-corrected chi connectivity index (χ0v) is 12.2. The van der Waals surface area contributed by atoms with Gasteiger partial charge < -0.3 is 10.3 Å². The number of nitrogens with two attached hydrogens (primary N) is 1. The van der Waals surface area contributed by atoms with E-state index in [1.807, 2.05) is 0 Å². The molecule has 0 spiro atoms. The van der Waals surface area contributed by atoms with E-state index in [9.17, 15) is 0 Å². The van der Waals surface area contributed by atoms with Crippen molar-refractivity contribution in [2.75, 3.05) is 5.73 Å². The summed E-state index contributed by atoms with van der Waals surface area (Å²) in [6.07, 6.45) is 6.83. The first kappa shape index (κ1) is 13.2. The standard InChI is InChI=1S/C17H22N2O/c1-17(2)9-5-6-12(10-17)13-7-3-4-8-14(13)15-11-19-20-16(15)18/h3-4,7-8,11-12H,5-6,9-10,18H2,1-2H3. The first-order chi connectivity index (χ1) is 9.57. The summed E-state index contributed by atoms with van der Waals surface area (Å²) in [5, 5.41) is 3.81. The van der Waals surface area contributed by atoms with Crippen LogP contribution in [-0.4, -0.2) is 5.16 Å². The molecule has 20 heavy (non-hydrogen) atoms. The van der Waals surface area contributed by atoms with Crippen molar-refractivity contribution in [1.82, 2.24) is 5.16 Å². The molecule has 1 aliphatic carbocycles. The van der Waals surface area contributed by atoms with Gasteiger partial charge in [0.2, 0.25) is 5.88 Å². The molecule has 1 fully saturated rings. The molecule has 1 unspecified atom stereocenters. The van der Waals surface area contributed by atoms with Gasteiger partial charge >= 0.3 is 0 Å². The third kappa shape index (κ3) is 2.45. The van der Waals surface area contributed by atoms with Crippen LogP contribution >= 0.6 is 0 Å². The summed E-state index contributed by atoms with van der Waals surface area (Å²) in [7, 11) is 0. The summed E-state index contributed by atoms with van der Waals surface area (Å²) >= 11 is 0. The highest BCUT2D eigenvalue weighted by molar-refractivity contribution is 5.75. The predicted octanol–water partition coefficient (Wildman–Crippen LogP) is 4.61. The van der Waals surface area contributed by atoms with E-state index in [2.05, 4.69) is 43.3 Å². The minimum absolute atomic E-state index is 0.410. The largest absolute Gasteiger partial charge is 0.367 e. The van der Waals surface area contributed by atoms with Crippen molar-refractivity contribution in [1.29, 1.82) is 0 Å². The molecule has 1 aromatic heterocycles. The van der Waals surface area contributed by atoms with Crippen LogP contribution in [0.4, 0.5) is 5.88 Å². The van der Waals surface area contributed by atoms with Gasteiger partial charge in [0, 0.05) is 0 Å². The molecule has 0 aliphatic heterocycles. The van der Waals surface area contributed by atoms with Crippen molar-refractivity contribution in [3.63, 3.8) is 0 Å². The molecule has 2 aromatic rings. The summed E-state index contributed by atoms with van der Waals surface area (Å²) in [6.45, 7) is 4.74. The van der Waals surface area contributed by atoms with Gasteiger partial charge in [-0.3, -0.25) is 0 Å². The normalized spacial score (nSPS) is 21.8. The molecule has 1 atom stereocenters. The van der Waals surface area contributed by atoms with Crippen LogP contribution in [0.5, 0.6) is 0 Å². The number of aromatic nitrogens is 1. The van der Waals surface area contributed by atoms with Crippen LogP contribution in [0.25, 0.3) is 11.1 Å². The maximum Gasteiger partial charge on any atom is 0.229 e. The molecule has 0 radical (unpaired) electrons. The number of benzene rings is 1. The van der Waals surface area contributed by atoms with Crippen molar-refractivity contribution in [2.45, 2.75) is 45.4 Å². The summed E-state index contributed by atoms with van der Waals surface area (Å²) in [4.78, 5) is 0. The summed E-state index contributed by atoms with van der Waals surface area (Å²) < 4.78 is 5.03. The van der Waals surface area contributed by atoms with E-state index in [0.29, 0.717) is 17.2 Å². The first-order valence-electron chi connectivity index (χ1n) is 7.36. The fraction of sp³-hybridized carbons (Fsp3) is 0.471. The molecule has 1 aliphatic rings. The van der Waals surface area contributed by atoms with E-state index in [4.69, 9.17) is 10.3 Å². The van der Waals surface area contributed by atoms with Crippen molar-refractivity contribution in [2.24, 2.45) is 5.41 Å². The van der Waals surface area contributed by atoms with Crippen LogP contribution in [0.15, 0.2) is 35.0 Å². The van der Waals surface area contributed by atoms with Crippen LogP contribution in [0, 0.1) is 5.41 Å². The molecule has 1 aromatic carbocycles. The number of rotatable bonds is 2. The van der Waals surface area contributed by atoms with Gasteiger partial charge in [-0.25, -0.2) is 0 Å². The molecule has 106 valence electrons. The van der Waals surface area contributed by atoms with Crippen LogP contribution in [0.2, 0.25) is 0 Å². The highest BCUT2D eigenvalue weighted by Gasteiger charge is 2.30. The summed E-state index contributed by atoms with van der Waals surface area (Å²) in [5.74, 6) is 1.01. The second-order valence-electron chi connectivity index (χ2n) is 6.65. The second-order valence-corrected chi connectivity index (χ2v) is 6.65. The molecule has 0 bridgehead atoms. The first-order valence-corrected chi connectivity index (χ1v) is 7.36. The SMILES string of the molecule is CC1(C)CCCC(c2ccccc2-c2cnoc2N)C1. The molecule has 3 rings (SSSR count). The average molecular weight is 270 g/mol. The lowest BCUT2D eigenvalue weighted by molar-refractivity contribution is 0.220. The number of hydrogen-bond acceptors (Lipinski definition) is 3. The molecular formula is C17H22N2O. The minimum Gasteiger partial charge on any atom is -0.367 e. The van der Waals surface area contributed by atoms with Gasteiger partial charge in [0.25, 0.3) is 0 Å². The zero-order chi connectivity index (χ0) is 14.2. The van der Waals surface area contributed by atoms with Crippen molar-refractivity contribution in [3.05, 3.63) is 36.0 Å². The summed E-state index contributed by atoms with van der Waals surface area (Å²) in [6, 6.07) is 8.52. The highest BCUT2D eigenvalue weighted by atomic mass is 16.5. The lowest BCUT2D eigenvalue weighted by atomic mass is 9.69. The Hall–Kier alpha value is -1.77. The van der Waals surface area contributed by atoms with Crippen molar-refractivity contribution < 1.29 is 4.52 Å². The van der Waals surface area contributed by atoms with Crippen molar-refractivity contribution in [3.8, 4) is 11.1 Å². The topological polar surface area (TPSA) is 52.0 Å². The van der Waals surface area contributed by atoms with Crippen LogP contribution in [0.1, 0.15) is 51.0 Å². The van der Waals surface area contributed by atoms with Crippen molar-refractivity contribution >= 4 is 5.88 Å². The molecule has 1 saturated carbocycles. The highest BCUT2D eigenvalue weighted by Crippen LogP contribution is 2.46. The lowest BCUT2D eigenvalue weighted by Crippen LogP contribution is -2.21. The van der Waals surface area contributed by atoms with Gasteiger partial charge in [0.15, 0.2) is 0 Å². The Kier molecular flexibility index (Phi) is 3.28. The van der Waals surface area contributed by atoms with Gasteiger partial charge in [0.1, 0.15) is 0 Å². The quantitative estimate of drug-likeness (QED) is 0.867. The van der Waals surface area contributed by atoms with Gasteiger partial charge in [-0.05, 0) is 41.7 Å². The fourth-order valence-corrected chi connectivity index (χ4v) is 3.51. The van der Waals surface area contributed by atoms with E-state index in [0.717, 1.165) is 5.56 Å². The smallest absolute Gasteiger partial charge is 0.229 e. The number of anilines is 1. The third-order valence-electron chi connectivity index (χ3n) is 4.49.